The maximum Gasteiger partial charge on any atom is 0.296 e. The third-order valence-electron chi connectivity index (χ3n) is 3.73. The molecule has 0 aliphatic rings. The number of thioether (sulfide) groups is 1. The first kappa shape index (κ1) is 21.6. The fraction of sp³-hybridized carbons (Fsp3) is 0.250. The van der Waals surface area contributed by atoms with Crippen LogP contribution >= 0.6 is 23.1 Å². The van der Waals surface area contributed by atoms with Crippen molar-refractivity contribution in [3.8, 4) is 0 Å². The molecule has 27 heavy (non-hydrogen) atoms. The summed E-state index contributed by atoms with van der Waals surface area (Å²) in [4.78, 5) is 6.15. The molecule has 0 N–H and O–H groups in total. The number of thiazole rings is 1. The molecule has 0 unspecified atom stereocenters. The van der Waals surface area contributed by atoms with Gasteiger partial charge in [0, 0.05) is 0 Å². The Morgan fingerprint density at radius 3 is 2.41 bits per heavy atom. The van der Waals surface area contributed by atoms with Crippen LogP contribution in [0.1, 0.15) is 23.9 Å². The van der Waals surface area contributed by atoms with Crippen molar-refractivity contribution < 1.29 is 12.6 Å². The summed E-state index contributed by atoms with van der Waals surface area (Å²) in [5, 5.41) is 1.11. The Bertz CT molecular complexity index is 967. The van der Waals surface area contributed by atoms with Crippen molar-refractivity contribution >= 4 is 49.5 Å². The number of hydrogen-bond donors (Lipinski definition) is 0. The molecule has 0 saturated carbocycles. The highest BCUT2D eigenvalue weighted by molar-refractivity contribution is 8.02. The Labute approximate surface area is 169 Å². The first-order valence-corrected chi connectivity index (χ1v) is 11.8. The van der Waals surface area contributed by atoms with Crippen LogP contribution in [0.15, 0.2) is 58.3 Å². The highest BCUT2D eigenvalue weighted by Crippen LogP contribution is 2.26. The van der Waals surface area contributed by atoms with E-state index in [1.54, 1.807) is 35.2 Å². The Hall–Kier alpha value is -1.67. The number of aromatic nitrogens is 1. The van der Waals surface area contributed by atoms with Crippen LogP contribution in [0.5, 0.6) is 0 Å². The van der Waals surface area contributed by atoms with Gasteiger partial charge in [-0.1, -0.05) is 36.8 Å². The van der Waals surface area contributed by atoms with E-state index in [0.29, 0.717) is 0 Å². The zero-order valence-electron chi connectivity index (χ0n) is 15.8. The normalized spacial score (nSPS) is 11.9. The van der Waals surface area contributed by atoms with Gasteiger partial charge in [-0.2, -0.15) is 8.42 Å². The van der Waals surface area contributed by atoms with E-state index in [2.05, 4.69) is 46.6 Å². The molecule has 0 aliphatic heterocycles. The minimum absolute atomic E-state index is 0.190. The van der Waals surface area contributed by atoms with Gasteiger partial charge < -0.3 is 0 Å². The van der Waals surface area contributed by atoms with E-state index in [-0.39, 0.29) is 4.90 Å². The third-order valence-corrected chi connectivity index (χ3v) is 6.94. The molecule has 0 aliphatic carbocycles. The Balaban J connectivity index is 0.000000199. The first-order chi connectivity index (χ1) is 12.9. The van der Waals surface area contributed by atoms with Crippen molar-refractivity contribution in [2.75, 3.05) is 13.4 Å². The predicted molar refractivity (Wildman–Crippen MR) is 117 cm³/mol. The van der Waals surface area contributed by atoms with Crippen molar-refractivity contribution in [2.45, 2.75) is 25.2 Å². The summed E-state index contributed by atoms with van der Waals surface area (Å²) in [7, 11) is -2.37. The van der Waals surface area contributed by atoms with Gasteiger partial charge in [-0.25, -0.2) is 4.98 Å². The van der Waals surface area contributed by atoms with Crippen molar-refractivity contribution in [1.29, 1.82) is 0 Å². The average Bonchev–Trinajstić information content (AvgIpc) is 3.09. The highest BCUT2D eigenvalue weighted by atomic mass is 32.2. The Morgan fingerprint density at radius 1 is 1.19 bits per heavy atom. The summed E-state index contributed by atoms with van der Waals surface area (Å²) in [5.74, 6) is 0. The predicted octanol–water partition coefficient (Wildman–Crippen LogP) is 5.74. The van der Waals surface area contributed by atoms with Crippen LogP contribution in [0.3, 0.4) is 0 Å². The first-order valence-electron chi connectivity index (χ1n) is 8.37. The van der Waals surface area contributed by atoms with Crippen molar-refractivity contribution in [1.82, 2.24) is 4.98 Å². The van der Waals surface area contributed by atoms with Crippen molar-refractivity contribution in [2.24, 2.45) is 0 Å². The smallest absolute Gasteiger partial charge is 0.270 e. The van der Waals surface area contributed by atoms with Gasteiger partial charge in [0.15, 0.2) is 0 Å². The molecule has 2 aromatic carbocycles. The van der Waals surface area contributed by atoms with Gasteiger partial charge in [0.25, 0.3) is 10.1 Å². The fourth-order valence-electron chi connectivity index (χ4n) is 2.20. The van der Waals surface area contributed by atoms with E-state index < -0.39 is 10.1 Å². The molecule has 1 aromatic heterocycles. The number of aryl methyl sites for hydroxylation is 1. The molecule has 0 fully saturated rings. The standard InChI is InChI=1S/C12H13NS2.C8H10O3S/c1-3-9(14-2)8-12-13-10-6-4-5-7-11(10)15-12;1-7-3-5-8(6-4-7)12(9,10)11-2/h4-8H,3H2,1-2H3;3-6H,1-2H3. The number of fused-ring (bicyclic) bond motifs is 1. The summed E-state index contributed by atoms with van der Waals surface area (Å²) >= 11 is 3.56. The van der Waals surface area contributed by atoms with E-state index in [1.165, 1.54) is 21.7 Å². The molecule has 0 radical (unpaired) electrons. The zero-order valence-corrected chi connectivity index (χ0v) is 18.2. The van der Waals surface area contributed by atoms with Gasteiger partial charge in [-0.05, 0) is 54.8 Å². The van der Waals surface area contributed by atoms with Gasteiger partial charge >= 0.3 is 0 Å². The summed E-state index contributed by atoms with van der Waals surface area (Å²) in [6.07, 6.45) is 5.38. The van der Waals surface area contributed by atoms with Crippen molar-refractivity contribution in [3.05, 3.63) is 64.0 Å². The Morgan fingerprint density at radius 2 is 1.85 bits per heavy atom. The second-order valence-electron chi connectivity index (χ2n) is 5.62. The minimum Gasteiger partial charge on any atom is -0.270 e. The van der Waals surface area contributed by atoms with Gasteiger partial charge in [0.1, 0.15) is 5.01 Å². The lowest BCUT2D eigenvalue weighted by atomic mass is 10.2. The van der Waals surface area contributed by atoms with Crippen LogP contribution in [0.2, 0.25) is 0 Å². The average molecular weight is 422 g/mol. The van der Waals surface area contributed by atoms with Gasteiger partial charge in [0.2, 0.25) is 0 Å². The monoisotopic (exact) mass is 421 g/mol. The topological polar surface area (TPSA) is 56.3 Å². The molecule has 0 spiro atoms. The summed E-state index contributed by atoms with van der Waals surface area (Å²) in [6.45, 7) is 4.07. The second-order valence-corrected chi connectivity index (χ2v) is 9.33. The zero-order chi connectivity index (χ0) is 19.9. The summed E-state index contributed by atoms with van der Waals surface area (Å²) in [5.41, 5.74) is 2.12. The second kappa shape index (κ2) is 10.0. The fourth-order valence-corrected chi connectivity index (χ4v) is 4.39. The lowest BCUT2D eigenvalue weighted by Gasteiger charge is -2.00. The molecular formula is C20H23NO3S3. The largest absolute Gasteiger partial charge is 0.296 e. The van der Waals surface area contributed by atoms with Crippen LogP contribution in [0, 0.1) is 6.92 Å². The van der Waals surface area contributed by atoms with Crippen LogP contribution < -0.4 is 0 Å². The Kier molecular flexibility index (Phi) is 8.04. The molecule has 0 atom stereocenters. The quantitative estimate of drug-likeness (QED) is 0.492. The maximum atomic E-state index is 11.1. The van der Waals surface area contributed by atoms with E-state index in [4.69, 9.17) is 0 Å². The molecule has 144 valence electrons. The van der Waals surface area contributed by atoms with E-state index in [0.717, 1.165) is 29.6 Å². The number of hydrogen-bond acceptors (Lipinski definition) is 6. The molecule has 3 rings (SSSR count). The van der Waals surface area contributed by atoms with Gasteiger partial charge in [0.05, 0.1) is 22.2 Å². The molecule has 1 heterocycles. The summed E-state index contributed by atoms with van der Waals surface area (Å²) < 4.78 is 27.8. The molecular weight excluding hydrogens is 398 g/mol. The molecule has 7 heteroatoms. The van der Waals surface area contributed by atoms with E-state index in [9.17, 15) is 8.42 Å². The third kappa shape index (κ3) is 6.17. The minimum atomic E-state index is -3.51. The summed E-state index contributed by atoms with van der Waals surface area (Å²) in [6, 6.07) is 14.8. The van der Waals surface area contributed by atoms with Gasteiger partial charge in [-0.3, -0.25) is 4.18 Å². The lowest BCUT2D eigenvalue weighted by Crippen LogP contribution is -2.02. The number of nitrogens with zero attached hydrogens (tertiary/aromatic N) is 1. The van der Waals surface area contributed by atoms with Crippen LogP contribution in [-0.4, -0.2) is 26.8 Å². The van der Waals surface area contributed by atoms with Crippen LogP contribution in [-0.2, 0) is 14.3 Å². The molecule has 0 amide bonds. The van der Waals surface area contributed by atoms with Crippen molar-refractivity contribution in [3.63, 3.8) is 0 Å². The number of rotatable bonds is 5. The van der Waals surface area contributed by atoms with Crippen LogP contribution in [0.25, 0.3) is 16.3 Å². The molecule has 0 bridgehead atoms. The molecule has 3 aromatic rings. The van der Waals surface area contributed by atoms with E-state index in [1.807, 2.05) is 13.0 Å². The van der Waals surface area contributed by atoms with Crippen LogP contribution in [0.4, 0.5) is 0 Å². The number of para-hydroxylation sites is 1. The maximum absolute atomic E-state index is 11.1. The lowest BCUT2D eigenvalue weighted by molar-refractivity contribution is 0.398. The molecule has 0 saturated heterocycles. The number of allylic oxidation sites excluding steroid dienone is 1. The SMILES string of the molecule is CCC(=Cc1nc2ccccc2s1)SC.COS(=O)(=O)c1ccc(C)cc1. The number of benzene rings is 2. The highest BCUT2D eigenvalue weighted by Gasteiger charge is 2.11. The van der Waals surface area contributed by atoms with Gasteiger partial charge in [-0.15, -0.1) is 23.1 Å². The van der Waals surface area contributed by atoms with E-state index >= 15 is 0 Å². The molecule has 4 nitrogen and oxygen atoms in total.